The molecule has 3 rings (SSSR count). The van der Waals surface area contributed by atoms with E-state index in [1.54, 1.807) is 7.11 Å². The first kappa shape index (κ1) is 12.8. The molecule has 0 spiro atoms. The van der Waals surface area contributed by atoms with Crippen LogP contribution in [0.3, 0.4) is 0 Å². The molecule has 0 aromatic heterocycles. The number of Topliss-reactive ketones (excluding diaryl/α,β-unsaturated/α-hetero) is 1. The van der Waals surface area contributed by atoms with Crippen molar-refractivity contribution in [1.29, 1.82) is 0 Å². The van der Waals surface area contributed by atoms with Crippen LogP contribution in [0.4, 0.5) is 5.69 Å². The number of fused-ring (bicyclic) bond motifs is 2. The number of carbonyl (C=O) groups is 1. The largest absolute Gasteiger partial charge is 0.495 e. The summed E-state index contributed by atoms with van der Waals surface area (Å²) in [4.78, 5) is 14.2. The van der Waals surface area contributed by atoms with Gasteiger partial charge in [-0.1, -0.05) is 11.6 Å². The first-order valence-corrected chi connectivity index (χ1v) is 7.20. The Morgan fingerprint density at radius 1 is 1.26 bits per heavy atom. The lowest BCUT2D eigenvalue weighted by molar-refractivity contribution is -0.121. The summed E-state index contributed by atoms with van der Waals surface area (Å²) in [6.07, 6.45) is 4.80. The molecule has 0 saturated carbocycles. The number of rotatable bonds is 2. The van der Waals surface area contributed by atoms with Crippen molar-refractivity contribution in [3.63, 3.8) is 0 Å². The summed E-state index contributed by atoms with van der Waals surface area (Å²) in [6, 6.07) is 6.61. The number of benzene rings is 1. The van der Waals surface area contributed by atoms with E-state index in [1.165, 1.54) is 6.42 Å². The highest BCUT2D eigenvalue weighted by Gasteiger charge is 2.37. The van der Waals surface area contributed by atoms with E-state index in [1.807, 2.05) is 18.2 Å². The molecular weight excluding hydrogens is 262 g/mol. The van der Waals surface area contributed by atoms with Crippen molar-refractivity contribution in [1.82, 2.24) is 0 Å². The number of nitrogens with zero attached hydrogens (tertiary/aromatic N) is 1. The van der Waals surface area contributed by atoms with E-state index in [4.69, 9.17) is 16.3 Å². The van der Waals surface area contributed by atoms with E-state index in [9.17, 15) is 4.79 Å². The smallest absolute Gasteiger partial charge is 0.139 e. The molecule has 1 aromatic rings. The van der Waals surface area contributed by atoms with Crippen LogP contribution in [0, 0.1) is 0 Å². The quantitative estimate of drug-likeness (QED) is 0.831. The third-order valence-electron chi connectivity index (χ3n) is 4.22. The minimum absolute atomic E-state index is 0.353. The summed E-state index contributed by atoms with van der Waals surface area (Å²) < 4.78 is 5.29. The first-order chi connectivity index (χ1) is 9.19. The predicted molar refractivity (Wildman–Crippen MR) is 76.2 cm³/mol. The van der Waals surface area contributed by atoms with Crippen molar-refractivity contribution in [3.05, 3.63) is 23.2 Å². The van der Waals surface area contributed by atoms with E-state index < -0.39 is 0 Å². The van der Waals surface area contributed by atoms with Gasteiger partial charge >= 0.3 is 0 Å². The van der Waals surface area contributed by atoms with Gasteiger partial charge in [0, 0.05) is 36.7 Å². The van der Waals surface area contributed by atoms with Crippen molar-refractivity contribution < 1.29 is 9.53 Å². The van der Waals surface area contributed by atoms with Gasteiger partial charge in [-0.2, -0.15) is 0 Å². The highest BCUT2D eigenvalue weighted by molar-refractivity contribution is 6.32. The molecule has 0 aliphatic carbocycles. The number of halogens is 1. The van der Waals surface area contributed by atoms with Crippen LogP contribution in [0.2, 0.25) is 5.02 Å². The van der Waals surface area contributed by atoms with Crippen molar-refractivity contribution in [2.24, 2.45) is 0 Å². The number of ketones is 1. The predicted octanol–water partition coefficient (Wildman–Crippen LogP) is 3.44. The molecule has 2 atom stereocenters. The molecule has 1 aromatic carbocycles. The van der Waals surface area contributed by atoms with Gasteiger partial charge in [0.15, 0.2) is 0 Å². The Morgan fingerprint density at radius 2 is 1.95 bits per heavy atom. The fraction of sp³-hybridized carbons (Fsp3) is 0.533. The van der Waals surface area contributed by atoms with E-state index in [2.05, 4.69) is 4.90 Å². The molecule has 2 fully saturated rings. The number of methoxy groups -OCH3 is 1. The lowest BCUT2D eigenvalue weighted by atomic mass is 9.83. The number of ether oxygens (including phenoxy) is 1. The fourth-order valence-corrected chi connectivity index (χ4v) is 3.60. The molecule has 2 bridgehead atoms. The van der Waals surface area contributed by atoms with Gasteiger partial charge in [0.25, 0.3) is 0 Å². The van der Waals surface area contributed by atoms with Gasteiger partial charge in [0.1, 0.15) is 11.5 Å². The molecule has 0 N–H and O–H groups in total. The highest BCUT2D eigenvalue weighted by Crippen LogP contribution is 2.39. The molecule has 2 aliphatic rings. The van der Waals surface area contributed by atoms with Gasteiger partial charge in [0.05, 0.1) is 12.1 Å². The van der Waals surface area contributed by atoms with Crippen LogP contribution in [0.1, 0.15) is 32.1 Å². The molecule has 0 radical (unpaired) electrons. The van der Waals surface area contributed by atoms with E-state index >= 15 is 0 Å². The van der Waals surface area contributed by atoms with Crippen molar-refractivity contribution in [2.75, 3.05) is 12.0 Å². The third kappa shape index (κ3) is 2.32. The van der Waals surface area contributed by atoms with Gasteiger partial charge < -0.3 is 9.64 Å². The average molecular weight is 280 g/mol. The zero-order valence-corrected chi connectivity index (χ0v) is 11.8. The number of hydrogen-bond donors (Lipinski definition) is 0. The zero-order valence-electron chi connectivity index (χ0n) is 11.1. The lowest BCUT2D eigenvalue weighted by Gasteiger charge is -2.47. The standard InChI is InChI=1S/C15H18ClNO2/c1-19-15-9-12(5-6-14(15)16)17-10-3-2-4-11(17)8-13(18)7-10/h5-6,9-11H,2-4,7-8H2,1H3. The Kier molecular flexibility index (Phi) is 3.40. The minimum atomic E-state index is 0.353. The number of hydrogen-bond acceptors (Lipinski definition) is 3. The zero-order chi connectivity index (χ0) is 13.4. The van der Waals surface area contributed by atoms with Gasteiger partial charge in [-0.25, -0.2) is 0 Å². The Labute approximate surface area is 118 Å². The summed E-state index contributed by atoms with van der Waals surface area (Å²) in [7, 11) is 1.63. The molecule has 4 heteroatoms. The maximum absolute atomic E-state index is 11.8. The molecule has 2 aliphatic heterocycles. The summed E-state index contributed by atoms with van der Waals surface area (Å²) in [5, 5.41) is 0.629. The number of carbonyl (C=O) groups excluding carboxylic acids is 1. The second kappa shape index (κ2) is 5.04. The van der Waals surface area contributed by atoms with Crippen LogP contribution in [0.25, 0.3) is 0 Å². The normalized spacial score (nSPS) is 26.4. The molecule has 2 unspecified atom stereocenters. The highest BCUT2D eigenvalue weighted by atomic mass is 35.5. The molecule has 2 heterocycles. The number of anilines is 1. The maximum atomic E-state index is 11.8. The summed E-state index contributed by atoms with van der Waals surface area (Å²) in [6.45, 7) is 0. The maximum Gasteiger partial charge on any atom is 0.139 e. The van der Waals surface area contributed by atoms with Gasteiger partial charge in [0.2, 0.25) is 0 Å². The van der Waals surface area contributed by atoms with E-state index in [0.29, 0.717) is 41.5 Å². The Morgan fingerprint density at radius 3 is 2.58 bits per heavy atom. The van der Waals surface area contributed by atoms with E-state index in [0.717, 1.165) is 18.5 Å². The SMILES string of the molecule is COc1cc(N2C3CCCC2CC(=O)C3)ccc1Cl. The van der Waals surface area contributed by atoms with Crippen LogP contribution in [-0.4, -0.2) is 25.0 Å². The van der Waals surface area contributed by atoms with Crippen molar-refractivity contribution >= 4 is 23.1 Å². The van der Waals surface area contributed by atoms with Gasteiger partial charge in [-0.05, 0) is 31.4 Å². The Balaban J connectivity index is 1.94. The molecule has 0 amide bonds. The van der Waals surface area contributed by atoms with Gasteiger partial charge in [-0.3, -0.25) is 4.79 Å². The van der Waals surface area contributed by atoms with Crippen LogP contribution < -0.4 is 9.64 Å². The number of piperidine rings is 2. The molecule has 3 nitrogen and oxygen atoms in total. The molecular formula is C15H18ClNO2. The van der Waals surface area contributed by atoms with Crippen molar-refractivity contribution in [3.8, 4) is 5.75 Å². The van der Waals surface area contributed by atoms with E-state index in [-0.39, 0.29) is 0 Å². The first-order valence-electron chi connectivity index (χ1n) is 6.82. The minimum Gasteiger partial charge on any atom is -0.495 e. The summed E-state index contributed by atoms with van der Waals surface area (Å²) in [5.41, 5.74) is 1.13. The fourth-order valence-electron chi connectivity index (χ4n) is 3.41. The van der Waals surface area contributed by atoms with Crippen LogP contribution in [0.5, 0.6) is 5.75 Å². The Bertz CT molecular complexity index is 487. The monoisotopic (exact) mass is 279 g/mol. The second-order valence-electron chi connectivity index (χ2n) is 5.41. The average Bonchev–Trinajstić information content (AvgIpc) is 2.38. The second-order valence-corrected chi connectivity index (χ2v) is 5.82. The summed E-state index contributed by atoms with van der Waals surface area (Å²) >= 11 is 6.08. The lowest BCUT2D eigenvalue weighted by Crippen LogP contribution is -2.52. The van der Waals surface area contributed by atoms with Crippen LogP contribution >= 0.6 is 11.6 Å². The van der Waals surface area contributed by atoms with Crippen LogP contribution in [-0.2, 0) is 4.79 Å². The molecule has 102 valence electrons. The third-order valence-corrected chi connectivity index (χ3v) is 4.53. The topological polar surface area (TPSA) is 29.5 Å². The van der Waals surface area contributed by atoms with Crippen LogP contribution in [0.15, 0.2) is 18.2 Å². The molecule has 19 heavy (non-hydrogen) atoms. The summed E-state index contributed by atoms with van der Waals surface area (Å²) in [5.74, 6) is 1.11. The molecule has 2 saturated heterocycles. The van der Waals surface area contributed by atoms with Gasteiger partial charge in [-0.15, -0.1) is 0 Å². The van der Waals surface area contributed by atoms with Crippen molar-refractivity contribution in [2.45, 2.75) is 44.2 Å². The Hall–Kier alpha value is -1.22.